The normalized spacial score (nSPS) is 11.4. The first-order chi connectivity index (χ1) is 9.38. The summed E-state index contributed by atoms with van der Waals surface area (Å²) in [5.41, 5.74) is 2.66. The number of carbonyl (C=O) groups is 1. The highest BCUT2D eigenvalue weighted by Gasteiger charge is 2.14. The molecule has 0 aliphatic carbocycles. The Labute approximate surface area is 122 Å². The van der Waals surface area contributed by atoms with Crippen LogP contribution in [0.15, 0.2) is 24.3 Å². The minimum atomic E-state index is 0.0276. The van der Waals surface area contributed by atoms with Crippen molar-refractivity contribution in [3.63, 3.8) is 0 Å². The Morgan fingerprint density at radius 3 is 2.25 bits per heavy atom. The lowest BCUT2D eigenvalue weighted by Crippen LogP contribution is -2.33. The third-order valence-corrected chi connectivity index (χ3v) is 3.55. The summed E-state index contributed by atoms with van der Waals surface area (Å²) in [6.45, 7) is 9.63. The van der Waals surface area contributed by atoms with E-state index in [4.69, 9.17) is 5.11 Å². The van der Waals surface area contributed by atoms with E-state index in [1.54, 1.807) is 4.90 Å². The lowest BCUT2D eigenvalue weighted by molar-refractivity contribution is -0.131. The maximum absolute atomic E-state index is 12.0. The largest absolute Gasteiger partial charge is 0.395 e. The van der Waals surface area contributed by atoms with Gasteiger partial charge in [0, 0.05) is 19.5 Å². The van der Waals surface area contributed by atoms with E-state index in [-0.39, 0.29) is 17.9 Å². The molecular formula is C17H27NO2. The summed E-state index contributed by atoms with van der Waals surface area (Å²) in [5.74, 6) is 0.112. The van der Waals surface area contributed by atoms with Gasteiger partial charge in [-0.3, -0.25) is 4.79 Å². The van der Waals surface area contributed by atoms with Gasteiger partial charge in [0.15, 0.2) is 0 Å². The maximum Gasteiger partial charge on any atom is 0.222 e. The van der Waals surface area contributed by atoms with Crippen LogP contribution in [-0.2, 0) is 16.6 Å². The SMILES string of the molecule is CCN(CCO)C(=O)CCc1ccc(C(C)(C)C)cc1. The number of aliphatic hydroxyl groups is 1. The number of carbonyl (C=O) groups excluding carboxylic acids is 1. The van der Waals surface area contributed by atoms with Crippen molar-refractivity contribution in [3.05, 3.63) is 35.4 Å². The van der Waals surface area contributed by atoms with Crippen molar-refractivity contribution >= 4 is 5.91 Å². The van der Waals surface area contributed by atoms with Gasteiger partial charge in [0.05, 0.1) is 6.61 Å². The second kappa shape index (κ2) is 7.44. The van der Waals surface area contributed by atoms with Crippen LogP contribution in [0.2, 0.25) is 0 Å². The summed E-state index contributed by atoms with van der Waals surface area (Å²) in [5, 5.41) is 8.91. The van der Waals surface area contributed by atoms with Crippen molar-refractivity contribution < 1.29 is 9.90 Å². The van der Waals surface area contributed by atoms with Gasteiger partial charge in [0.2, 0.25) is 5.91 Å². The molecule has 0 aromatic heterocycles. The van der Waals surface area contributed by atoms with Crippen LogP contribution in [0.25, 0.3) is 0 Å². The monoisotopic (exact) mass is 277 g/mol. The van der Waals surface area contributed by atoms with Crippen LogP contribution in [-0.4, -0.2) is 35.6 Å². The lowest BCUT2D eigenvalue weighted by Gasteiger charge is -2.20. The van der Waals surface area contributed by atoms with Gasteiger partial charge in [-0.25, -0.2) is 0 Å². The summed E-state index contributed by atoms with van der Waals surface area (Å²) >= 11 is 0. The first-order valence-corrected chi connectivity index (χ1v) is 7.36. The molecule has 1 aromatic rings. The highest BCUT2D eigenvalue weighted by Crippen LogP contribution is 2.22. The van der Waals surface area contributed by atoms with Crippen LogP contribution in [0, 0.1) is 0 Å². The second-order valence-electron chi connectivity index (χ2n) is 6.14. The number of nitrogens with zero attached hydrogens (tertiary/aromatic N) is 1. The van der Waals surface area contributed by atoms with Crippen molar-refractivity contribution in [1.29, 1.82) is 0 Å². The van der Waals surface area contributed by atoms with Crippen LogP contribution in [0.5, 0.6) is 0 Å². The lowest BCUT2D eigenvalue weighted by atomic mass is 9.86. The third kappa shape index (κ3) is 4.97. The van der Waals surface area contributed by atoms with Crippen LogP contribution < -0.4 is 0 Å². The summed E-state index contributed by atoms with van der Waals surface area (Å²) in [4.78, 5) is 13.7. The Balaban J connectivity index is 2.55. The summed E-state index contributed by atoms with van der Waals surface area (Å²) in [6.07, 6.45) is 1.26. The Morgan fingerprint density at radius 1 is 1.20 bits per heavy atom. The van der Waals surface area contributed by atoms with Gasteiger partial charge in [-0.15, -0.1) is 0 Å². The van der Waals surface area contributed by atoms with Gasteiger partial charge in [-0.05, 0) is 29.9 Å². The predicted octanol–water partition coefficient (Wildman–Crippen LogP) is 2.76. The number of hydrogen-bond donors (Lipinski definition) is 1. The molecule has 0 unspecified atom stereocenters. The minimum Gasteiger partial charge on any atom is -0.395 e. The molecule has 0 fully saturated rings. The molecule has 0 bridgehead atoms. The van der Waals surface area contributed by atoms with Gasteiger partial charge in [0.1, 0.15) is 0 Å². The minimum absolute atomic E-state index is 0.0276. The molecule has 112 valence electrons. The number of aliphatic hydroxyl groups excluding tert-OH is 1. The molecule has 1 amide bonds. The average Bonchev–Trinajstić information content (AvgIpc) is 2.41. The van der Waals surface area contributed by atoms with Crippen molar-refractivity contribution in [2.24, 2.45) is 0 Å². The van der Waals surface area contributed by atoms with Gasteiger partial charge in [-0.1, -0.05) is 45.0 Å². The molecule has 0 aliphatic rings. The van der Waals surface area contributed by atoms with Crippen molar-refractivity contribution in [3.8, 4) is 0 Å². The van der Waals surface area contributed by atoms with E-state index in [2.05, 4.69) is 45.0 Å². The average molecular weight is 277 g/mol. The summed E-state index contributed by atoms with van der Waals surface area (Å²) in [6, 6.07) is 8.50. The number of hydrogen-bond acceptors (Lipinski definition) is 2. The van der Waals surface area contributed by atoms with Crippen molar-refractivity contribution in [2.75, 3.05) is 19.7 Å². The fraction of sp³-hybridized carbons (Fsp3) is 0.588. The molecule has 0 atom stereocenters. The maximum atomic E-state index is 12.0. The molecule has 3 nitrogen and oxygen atoms in total. The molecule has 0 heterocycles. The van der Waals surface area contributed by atoms with E-state index in [1.807, 2.05) is 6.92 Å². The zero-order chi connectivity index (χ0) is 15.2. The second-order valence-corrected chi connectivity index (χ2v) is 6.14. The predicted molar refractivity (Wildman–Crippen MR) is 82.8 cm³/mol. The molecule has 20 heavy (non-hydrogen) atoms. The number of likely N-dealkylation sites (N-methyl/N-ethyl adjacent to an activating group) is 1. The van der Waals surface area contributed by atoms with Crippen LogP contribution in [0.3, 0.4) is 0 Å². The molecule has 1 rings (SSSR count). The standard InChI is InChI=1S/C17H27NO2/c1-5-18(12-13-19)16(20)11-8-14-6-9-15(10-7-14)17(2,3)4/h6-7,9-10,19H,5,8,11-13H2,1-4H3. The Hall–Kier alpha value is -1.35. The van der Waals surface area contributed by atoms with E-state index in [1.165, 1.54) is 11.1 Å². The van der Waals surface area contributed by atoms with Gasteiger partial charge in [-0.2, -0.15) is 0 Å². The van der Waals surface area contributed by atoms with Crippen LogP contribution in [0.1, 0.15) is 45.2 Å². The summed E-state index contributed by atoms with van der Waals surface area (Å²) in [7, 11) is 0. The Kier molecular flexibility index (Phi) is 6.21. The molecule has 1 N–H and O–H groups in total. The van der Waals surface area contributed by atoms with Crippen molar-refractivity contribution in [1.82, 2.24) is 4.90 Å². The number of benzene rings is 1. The van der Waals surface area contributed by atoms with Crippen LogP contribution in [0.4, 0.5) is 0 Å². The molecule has 0 spiro atoms. The zero-order valence-electron chi connectivity index (χ0n) is 13.1. The van der Waals surface area contributed by atoms with Crippen molar-refractivity contribution in [2.45, 2.75) is 46.0 Å². The quantitative estimate of drug-likeness (QED) is 0.868. The number of aryl methyl sites for hydroxylation is 1. The van der Waals surface area contributed by atoms with Gasteiger partial charge >= 0.3 is 0 Å². The molecule has 1 aromatic carbocycles. The van der Waals surface area contributed by atoms with E-state index in [9.17, 15) is 4.79 Å². The van der Waals surface area contributed by atoms with Gasteiger partial charge < -0.3 is 10.0 Å². The molecule has 0 saturated carbocycles. The topological polar surface area (TPSA) is 40.5 Å². The molecule has 0 saturated heterocycles. The summed E-state index contributed by atoms with van der Waals surface area (Å²) < 4.78 is 0. The fourth-order valence-corrected chi connectivity index (χ4v) is 2.16. The van der Waals surface area contributed by atoms with E-state index < -0.39 is 0 Å². The number of amides is 1. The molecule has 0 aliphatic heterocycles. The third-order valence-electron chi connectivity index (χ3n) is 3.55. The van der Waals surface area contributed by atoms with E-state index in [0.29, 0.717) is 19.5 Å². The zero-order valence-corrected chi connectivity index (χ0v) is 13.1. The van der Waals surface area contributed by atoms with E-state index >= 15 is 0 Å². The number of rotatable bonds is 6. The van der Waals surface area contributed by atoms with E-state index in [0.717, 1.165) is 6.42 Å². The van der Waals surface area contributed by atoms with Crippen LogP contribution >= 0.6 is 0 Å². The fourth-order valence-electron chi connectivity index (χ4n) is 2.16. The molecule has 0 radical (unpaired) electrons. The molecule has 3 heteroatoms. The first-order valence-electron chi connectivity index (χ1n) is 7.36. The smallest absolute Gasteiger partial charge is 0.222 e. The highest BCUT2D eigenvalue weighted by molar-refractivity contribution is 5.76. The van der Waals surface area contributed by atoms with Gasteiger partial charge in [0.25, 0.3) is 0 Å². The Morgan fingerprint density at radius 2 is 1.80 bits per heavy atom. The first kappa shape index (κ1) is 16.7. The Bertz CT molecular complexity index is 418. The molecular weight excluding hydrogens is 250 g/mol. The highest BCUT2D eigenvalue weighted by atomic mass is 16.3.